The van der Waals surface area contributed by atoms with E-state index in [9.17, 15) is 0 Å². The smallest absolute Gasteiger partial charge is 0.196 e. The van der Waals surface area contributed by atoms with Crippen LogP contribution in [0.5, 0.6) is 0 Å². The fourth-order valence-electron chi connectivity index (χ4n) is 7.98. The van der Waals surface area contributed by atoms with Crippen molar-refractivity contribution in [2.24, 2.45) is 0 Å². The predicted octanol–water partition coefficient (Wildman–Crippen LogP) is 12.2. The van der Waals surface area contributed by atoms with Gasteiger partial charge in [-0.3, -0.25) is 4.40 Å². The summed E-state index contributed by atoms with van der Waals surface area (Å²) in [5.74, 6) is 0. The lowest BCUT2D eigenvalue weighted by Gasteiger charge is -2.08. The molecule has 51 heavy (non-hydrogen) atoms. The van der Waals surface area contributed by atoms with E-state index in [-0.39, 0.29) is 0 Å². The standard InChI is InChI=1S/C44H24N4O2S/c1-4-12-34-28(8-1)29-9-2-5-13-35(29)47(34)36-14-7-11-31-33-20-25(16-18-41(33)50-42(31)36)27-22-37-43(45-23-27)46-44-48(37)38(24-51-44)26-17-19-40-32(21-26)30-10-3-6-15-39(30)49-40/h1-24H. The zero-order valence-electron chi connectivity index (χ0n) is 26.9. The average Bonchev–Trinajstić information content (AvgIpc) is 3.99. The maximum atomic E-state index is 6.66. The third-order valence-electron chi connectivity index (χ3n) is 10.3. The number of furan rings is 2. The molecular weight excluding hydrogens is 649 g/mol. The lowest BCUT2D eigenvalue weighted by molar-refractivity contribution is 0.666. The Hall–Kier alpha value is -6.70. The van der Waals surface area contributed by atoms with Gasteiger partial charge in [0.15, 0.2) is 16.2 Å². The lowest BCUT2D eigenvalue weighted by Crippen LogP contribution is -1.93. The number of hydrogen-bond donors (Lipinski definition) is 0. The molecule has 0 aliphatic carbocycles. The molecule has 0 saturated carbocycles. The van der Waals surface area contributed by atoms with Crippen LogP contribution in [0.3, 0.4) is 0 Å². The highest BCUT2D eigenvalue weighted by Gasteiger charge is 2.19. The Morgan fingerprint density at radius 3 is 2.02 bits per heavy atom. The van der Waals surface area contributed by atoms with Crippen molar-refractivity contribution < 1.29 is 8.83 Å². The number of aromatic nitrogens is 4. The lowest BCUT2D eigenvalue weighted by atomic mass is 10.0. The molecule has 6 heterocycles. The molecule has 6 aromatic heterocycles. The van der Waals surface area contributed by atoms with Crippen LogP contribution in [-0.2, 0) is 0 Å². The van der Waals surface area contributed by atoms with Crippen LogP contribution in [0.4, 0.5) is 0 Å². The second-order valence-electron chi connectivity index (χ2n) is 13.1. The second-order valence-corrected chi connectivity index (χ2v) is 13.9. The van der Waals surface area contributed by atoms with Crippen LogP contribution in [0.15, 0.2) is 154 Å². The quantitative estimate of drug-likeness (QED) is 0.187. The van der Waals surface area contributed by atoms with Crippen molar-refractivity contribution in [3.63, 3.8) is 0 Å². The normalized spacial score (nSPS) is 12.3. The Bertz CT molecular complexity index is 3340. The van der Waals surface area contributed by atoms with Crippen molar-refractivity contribution in [2.45, 2.75) is 0 Å². The van der Waals surface area contributed by atoms with Crippen molar-refractivity contribution in [1.29, 1.82) is 0 Å². The number of nitrogens with zero attached hydrogens (tertiary/aromatic N) is 4. The highest BCUT2D eigenvalue weighted by Crippen LogP contribution is 2.40. The zero-order valence-corrected chi connectivity index (χ0v) is 27.7. The Balaban J connectivity index is 1.02. The van der Waals surface area contributed by atoms with Crippen molar-refractivity contribution in [2.75, 3.05) is 0 Å². The van der Waals surface area contributed by atoms with Gasteiger partial charge >= 0.3 is 0 Å². The first-order valence-electron chi connectivity index (χ1n) is 16.9. The van der Waals surface area contributed by atoms with Gasteiger partial charge in [0.1, 0.15) is 16.7 Å². The number of fused-ring (bicyclic) bond motifs is 12. The Labute approximate surface area is 293 Å². The molecule has 0 spiro atoms. The summed E-state index contributed by atoms with van der Waals surface area (Å²) in [6, 6.07) is 46.8. The van der Waals surface area contributed by atoms with E-state index in [2.05, 4.69) is 136 Å². The van der Waals surface area contributed by atoms with Gasteiger partial charge in [0.25, 0.3) is 0 Å². The minimum atomic E-state index is 0.729. The maximum Gasteiger partial charge on any atom is 0.196 e. The average molecular weight is 673 g/mol. The first-order valence-corrected chi connectivity index (χ1v) is 17.8. The zero-order chi connectivity index (χ0) is 33.2. The molecule has 6 aromatic carbocycles. The van der Waals surface area contributed by atoms with Crippen molar-refractivity contribution in [3.05, 3.63) is 145 Å². The molecular formula is C44H24N4O2S. The largest absolute Gasteiger partial charge is 0.456 e. The van der Waals surface area contributed by atoms with Crippen LogP contribution in [0.25, 0.3) is 110 Å². The van der Waals surface area contributed by atoms with Crippen molar-refractivity contribution in [1.82, 2.24) is 18.9 Å². The summed E-state index contributed by atoms with van der Waals surface area (Å²) in [4.78, 5) is 10.7. The summed E-state index contributed by atoms with van der Waals surface area (Å²) in [7, 11) is 0. The third-order valence-corrected chi connectivity index (χ3v) is 11.1. The van der Waals surface area contributed by atoms with E-state index in [0.717, 1.165) is 99.1 Å². The van der Waals surface area contributed by atoms with Gasteiger partial charge in [-0.25, -0.2) is 4.98 Å². The molecule has 0 aliphatic heterocycles. The van der Waals surface area contributed by atoms with Gasteiger partial charge in [0.05, 0.1) is 27.9 Å². The van der Waals surface area contributed by atoms with Crippen LogP contribution in [0, 0.1) is 0 Å². The summed E-state index contributed by atoms with van der Waals surface area (Å²) < 4.78 is 17.3. The number of imidazole rings is 1. The van der Waals surface area contributed by atoms with E-state index in [0.29, 0.717) is 0 Å². The highest BCUT2D eigenvalue weighted by molar-refractivity contribution is 7.15. The first-order chi connectivity index (χ1) is 25.3. The topological polar surface area (TPSA) is 61.4 Å². The fraction of sp³-hybridized carbons (Fsp3) is 0. The van der Waals surface area contributed by atoms with Gasteiger partial charge in [0.2, 0.25) is 0 Å². The molecule has 0 aliphatic rings. The van der Waals surface area contributed by atoms with E-state index in [1.807, 2.05) is 18.3 Å². The van der Waals surface area contributed by atoms with Crippen molar-refractivity contribution in [3.8, 4) is 28.1 Å². The molecule has 0 unspecified atom stereocenters. The van der Waals surface area contributed by atoms with Gasteiger partial charge in [-0.1, -0.05) is 72.8 Å². The number of hydrogen-bond acceptors (Lipinski definition) is 5. The van der Waals surface area contributed by atoms with Gasteiger partial charge in [0, 0.05) is 55.0 Å². The number of benzene rings is 6. The molecule has 0 radical (unpaired) electrons. The van der Waals surface area contributed by atoms with E-state index < -0.39 is 0 Å². The number of pyridine rings is 1. The van der Waals surface area contributed by atoms with Crippen LogP contribution in [-0.4, -0.2) is 18.9 Å². The third kappa shape index (κ3) is 3.75. The van der Waals surface area contributed by atoms with Gasteiger partial charge in [-0.15, -0.1) is 11.3 Å². The van der Waals surface area contributed by atoms with Crippen molar-refractivity contribution >= 4 is 93.1 Å². The molecule has 6 nitrogen and oxygen atoms in total. The summed E-state index contributed by atoms with van der Waals surface area (Å²) in [5.41, 5.74) is 12.8. The van der Waals surface area contributed by atoms with Crippen LogP contribution < -0.4 is 0 Å². The summed E-state index contributed by atoms with van der Waals surface area (Å²) in [5, 5.41) is 9.00. The minimum absolute atomic E-state index is 0.729. The molecule has 0 amide bonds. The summed E-state index contributed by atoms with van der Waals surface area (Å²) in [6.45, 7) is 0. The Morgan fingerprint density at radius 1 is 0.510 bits per heavy atom. The second kappa shape index (κ2) is 9.94. The van der Waals surface area contributed by atoms with E-state index in [1.165, 1.54) is 10.8 Å². The van der Waals surface area contributed by atoms with Gasteiger partial charge < -0.3 is 13.4 Å². The Morgan fingerprint density at radius 2 is 1.18 bits per heavy atom. The summed E-state index contributed by atoms with van der Waals surface area (Å²) in [6.07, 6.45) is 1.93. The monoisotopic (exact) mass is 672 g/mol. The van der Waals surface area contributed by atoms with E-state index in [4.69, 9.17) is 18.8 Å². The van der Waals surface area contributed by atoms with Gasteiger partial charge in [-0.05, 0) is 66.2 Å². The number of thiazole rings is 1. The predicted molar refractivity (Wildman–Crippen MR) is 208 cm³/mol. The first kappa shape index (κ1) is 27.2. The Kier molecular flexibility index (Phi) is 5.29. The highest BCUT2D eigenvalue weighted by atomic mass is 32.1. The number of para-hydroxylation sites is 4. The summed E-state index contributed by atoms with van der Waals surface area (Å²) >= 11 is 1.63. The molecule has 12 aromatic rings. The van der Waals surface area contributed by atoms with Gasteiger partial charge in [-0.2, -0.15) is 4.98 Å². The van der Waals surface area contributed by atoms with Crippen LogP contribution in [0.2, 0.25) is 0 Å². The molecule has 12 rings (SSSR count). The fourth-order valence-corrected chi connectivity index (χ4v) is 8.87. The molecule has 0 saturated heterocycles. The molecule has 0 bridgehead atoms. The van der Waals surface area contributed by atoms with Crippen LogP contribution in [0.1, 0.15) is 0 Å². The van der Waals surface area contributed by atoms with E-state index in [1.54, 1.807) is 11.3 Å². The minimum Gasteiger partial charge on any atom is -0.456 e. The molecule has 238 valence electrons. The van der Waals surface area contributed by atoms with Crippen LogP contribution >= 0.6 is 11.3 Å². The SMILES string of the molecule is c1ccc2c(c1)oc1ccc(-c3csc4nc5ncc(-c6ccc7oc8c(-n9c%10ccccc%10c%10ccccc%109)cccc8c7c6)cc5n34)cc12. The number of rotatable bonds is 3. The molecule has 7 heteroatoms. The maximum absolute atomic E-state index is 6.66. The molecule has 0 fully saturated rings. The van der Waals surface area contributed by atoms with E-state index >= 15 is 0 Å². The molecule has 0 N–H and O–H groups in total. The molecule has 0 atom stereocenters.